The summed E-state index contributed by atoms with van der Waals surface area (Å²) in [6.45, 7) is 5.21. The van der Waals surface area contributed by atoms with Crippen molar-refractivity contribution in [2.24, 2.45) is 0 Å². The fraction of sp³-hybridized carbons (Fsp3) is 0.474. The Kier molecular flexibility index (Phi) is 4.12. The van der Waals surface area contributed by atoms with E-state index in [1.54, 1.807) is 18.3 Å². The standard InChI is InChI=1S/C19H23N7O/c27-18-2-1-5-21-26(18)13-10-23-8-11-24(12-9-23)19-17-14-16(15-3-4-15)22-25(17)7-6-20-19/h1-2,5-7,14-15H,3-4,8-13H2. The number of rotatable bonds is 5. The van der Waals surface area contributed by atoms with Crippen LogP contribution in [-0.4, -0.2) is 62.0 Å². The maximum atomic E-state index is 11.8. The molecule has 8 heteroatoms. The molecule has 2 aliphatic rings. The lowest BCUT2D eigenvalue weighted by Gasteiger charge is -2.35. The molecule has 0 N–H and O–H groups in total. The van der Waals surface area contributed by atoms with Crippen LogP contribution in [0.4, 0.5) is 5.82 Å². The summed E-state index contributed by atoms with van der Waals surface area (Å²) < 4.78 is 3.50. The first-order valence-electron chi connectivity index (χ1n) is 9.62. The highest BCUT2D eigenvalue weighted by molar-refractivity contribution is 5.69. The fourth-order valence-corrected chi connectivity index (χ4v) is 3.72. The quantitative estimate of drug-likeness (QED) is 0.671. The van der Waals surface area contributed by atoms with Gasteiger partial charge in [0, 0.05) is 63.3 Å². The molecule has 0 amide bonds. The van der Waals surface area contributed by atoms with Gasteiger partial charge in [-0.3, -0.25) is 9.69 Å². The number of aromatic nitrogens is 5. The molecule has 0 unspecified atom stereocenters. The number of anilines is 1. The molecule has 3 aromatic heterocycles. The number of hydrogen-bond acceptors (Lipinski definition) is 6. The molecule has 1 saturated carbocycles. The molecule has 4 heterocycles. The molecule has 0 spiro atoms. The molecule has 0 aromatic carbocycles. The topological polar surface area (TPSA) is 71.6 Å². The molecule has 2 fully saturated rings. The highest BCUT2D eigenvalue weighted by Gasteiger charge is 2.27. The Morgan fingerprint density at radius 1 is 1.07 bits per heavy atom. The number of fused-ring (bicyclic) bond motifs is 1. The maximum absolute atomic E-state index is 11.8. The van der Waals surface area contributed by atoms with Crippen molar-refractivity contribution in [3.63, 3.8) is 0 Å². The summed E-state index contributed by atoms with van der Waals surface area (Å²) in [6.07, 6.45) is 7.94. The summed E-state index contributed by atoms with van der Waals surface area (Å²) in [5, 5.41) is 8.85. The minimum Gasteiger partial charge on any atom is -0.352 e. The second kappa shape index (κ2) is 6.77. The van der Waals surface area contributed by atoms with Gasteiger partial charge < -0.3 is 4.90 Å². The summed E-state index contributed by atoms with van der Waals surface area (Å²) >= 11 is 0. The lowest BCUT2D eigenvalue weighted by atomic mass is 10.2. The maximum Gasteiger partial charge on any atom is 0.266 e. The Balaban J connectivity index is 1.25. The van der Waals surface area contributed by atoms with Crippen LogP contribution in [-0.2, 0) is 6.54 Å². The van der Waals surface area contributed by atoms with Crippen LogP contribution in [0.25, 0.3) is 5.52 Å². The van der Waals surface area contributed by atoms with Crippen LogP contribution < -0.4 is 10.5 Å². The molecule has 27 heavy (non-hydrogen) atoms. The molecule has 1 aliphatic heterocycles. The van der Waals surface area contributed by atoms with Crippen LogP contribution in [0, 0.1) is 0 Å². The first-order valence-corrected chi connectivity index (χ1v) is 9.62. The van der Waals surface area contributed by atoms with Gasteiger partial charge in [-0.2, -0.15) is 10.2 Å². The lowest BCUT2D eigenvalue weighted by molar-refractivity contribution is 0.242. The zero-order chi connectivity index (χ0) is 18.2. The molecule has 0 radical (unpaired) electrons. The van der Waals surface area contributed by atoms with Crippen LogP contribution in [0.3, 0.4) is 0 Å². The number of nitrogens with zero attached hydrogens (tertiary/aromatic N) is 7. The molecule has 5 rings (SSSR count). The first kappa shape index (κ1) is 16.4. The van der Waals surface area contributed by atoms with E-state index in [-0.39, 0.29) is 5.56 Å². The molecule has 0 atom stereocenters. The first-order chi connectivity index (χ1) is 13.3. The van der Waals surface area contributed by atoms with Crippen molar-refractivity contribution in [1.29, 1.82) is 0 Å². The van der Waals surface area contributed by atoms with Crippen molar-refractivity contribution in [2.75, 3.05) is 37.6 Å². The van der Waals surface area contributed by atoms with E-state index in [4.69, 9.17) is 5.10 Å². The minimum atomic E-state index is -0.0424. The number of hydrogen-bond donors (Lipinski definition) is 0. The normalized spacial score (nSPS) is 18.3. The Labute approximate surface area is 157 Å². The third kappa shape index (κ3) is 3.32. The van der Waals surface area contributed by atoms with Gasteiger partial charge in [-0.05, 0) is 25.0 Å². The zero-order valence-corrected chi connectivity index (χ0v) is 15.2. The van der Waals surface area contributed by atoms with Gasteiger partial charge in [0.1, 0.15) is 5.52 Å². The van der Waals surface area contributed by atoms with Crippen LogP contribution >= 0.6 is 0 Å². The summed E-state index contributed by atoms with van der Waals surface area (Å²) in [4.78, 5) is 21.1. The summed E-state index contributed by atoms with van der Waals surface area (Å²) in [5.74, 6) is 1.67. The molecule has 3 aromatic rings. The SMILES string of the molecule is O=c1cccnn1CCN1CCN(c2nccn3nc(C4CC4)cc23)CC1. The van der Waals surface area contributed by atoms with Crippen molar-refractivity contribution in [3.8, 4) is 0 Å². The van der Waals surface area contributed by atoms with Gasteiger partial charge in [-0.1, -0.05) is 0 Å². The van der Waals surface area contributed by atoms with E-state index in [1.165, 1.54) is 23.2 Å². The molecule has 0 bridgehead atoms. The van der Waals surface area contributed by atoms with E-state index in [1.807, 2.05) is 16.9 Å². The van der Waals surface area contributed by atoms with Gasteiger partial charge >= 0.3 is 0 Å². The van der Waals surface area contributed by atoms with Gasteiger partial charge in [0.05, 0.1) is 12.2 Å². The van der Waals surface area contributed by atoms with Crippen LogP contribution in [0.2, 0.25) is 0 Å². The Hall–Kier alpha value is -2.74. The molecule has 8 nitrogen and oxygen atoms in total. The van der Waals surface area contributed by atoms with E-state index in [9.17, 15) is 4.79 Å². The van der Waals surface area contributed by atoms with Crippen molar-refractivity contribution in [1.82, 2.24) is 29.3 Å². The van der Waals surface area contributed by atoms with E-state index in [0.717, 1.165) is 44.1 Å². The second-order valence-corrected chi connectivity index (χ2v) is 7.34. The van der Waals surface area contributed by atoms with Crippen LogP contribution in [0.5, 0.6) is 0 Å². The van der Waals surface area contributed by atoms with Gasteiger partial charge in [-0.15, -0.1) is 0 Å². The third-order valence-electron chi connectivity index (χ3n) is 5.47. The van der Waals surface area contributed by atoms with Crippen LogP contribution in [0.15, 0.2) is 41.6 Å². The van der Waals surface area contributed by atoms with Crippen molar-refractivity contribution >= 4 is 11.3 Å². The van der Waals surface area contributed by atoms with E-state index < -0.39 is 0 Å². The smallest absolute Gasteiger partial charge is 0.266 e. The average Bonchev–Trinajstić information content (AvgIpc) is 3.46. The van der Waals surface area contributed by atoms with E-state index in [0.29, 0.717) is 12.5 Å². The summed E-state index contributed by atoms with van der Waals surface area (Å²) in [5.41, 5.74) is 2.26. The predicted octanol–water partition coefficient (Wildman–Crippen LogP) is 0.986. The van der Waals surface area contributed by atoms with Gasteiger partial charge in [0.25, 0.3) is 5.56 Å². The molecular formula is C19H23N7O. The van der Waals surface area contributed by atoms with Crippen molar-refractivity contribution < 1.29 is 0 Å². The lowest BCUT2D eigenvalue weighted by Crippen LogP contribution is -2.48. The Bertz CT molecular complexity index is 998. The largest absolute Gasteiger partial charge is 0.352 e. The summed E-state index contributed by atoms with van der Waals surface area (Å²) in [6, 6.07) is 5.44. The Morgan fingerprint density at radius 3 is 2.70 bits per heavy atom. The second-order valence-electron chi connectivity index (χ2n) is 7.34. The zero-order valence-electron chi connectivity index (χ0n) is 15.2. The molecule has 1 saturated heterocycles. The van der Waals surface area contributed by atoms with Crippen molar-refractivity contribution in [3.05, 3.63) is 52.8 Å². The third-order valence-corrected chi connectivity index (χ3v) is 5.47. The number of piperazine rings is 1. The minimum absolute atomic E-state index is 0.0424. The van der Waals surface area contributed by atoms with Gasteiger partial charge in [0.15, 0.2) is 5.82 Å². The van der Waals surface area contributed by atoms with Crippen molar-refractivity contribution in [2.45, 2.75) is 25.3 Å². The van der Waals surface area contributed by atoms with E-state index >= 15 is 0 Å². The van der Waals surface area contributed by atoms with E-state index in [2.05, 4.69) is 25.9 Å². The monoisotopic (exact) mass is 365 g/mol. The molecule has 140 valence electrons. The highest BCUT2D eigenvalue weighted by Crippen LogP contribution is 2.40. The van der Waals surface area contributed by atoms with Gasteiger partial charge in [0.2, 0.25) is 0 Å². The average molecular weight is 365 g/mol. The Morgan fingerprint density at radius 2 is 1.93 bits per heavy atom. The summed E-state index contributed by atoms with van der Waals surface area (Å²) in [7, 11) is 0. The van der Waals surface area contributed by atoms with Gasteiger partial charge in [-0.25, -0.2) is 14.2 Å². The van der Waals surface area contributed by atoms with Crippen LogP contribution in [0.1, 0.15) is 24.5 Å². The molecular weight excluding hydrogens is 342 g/mol. The predicted molar refractivity (Wildman–Crippen MR) is 102 cm³/mol. The highest BCUT2D eigenvalue weighted by atomic mass is 16.1. The molecule has 1 aliphatic carbocycles. The fourth-order valence-electron chi connectivity index (χ4n) is 3.72.